The summed E-state index contributed by atoms with van der Waals surface area (Å²) in [6.45, 7) is 1.51. The maximum absolute atomic E-state index is 13.4. The molecule has 3 aromatic carbocycles. The Morgan fingerprint density at radius 3 is 2.24 bits per heavy atom. The summed E-state index contributed by atoms with van der Waals surface area (Å²) in [4.78, 5) is 19.8. The summed E-state index contributed by atoms with van der Waals surface area (Å²) < 4.78 is 40.6. The number of carbonyl (C=O) groups is 1. The molecule has 0 bridgehead atoms. The number of halogens is 1. The first kappa shape index (κ1) is 22.1. The number of nitrogens with zero attached hydrogens (tertiary/aromatic N) is 2. The van der Waals surface area contributed by atoms with E-state index in [0.29, 0.717) is 28.5 Å². The number of ketones is 1. The molecule has 0 spiro atoms. The molecule has 0 aliphatic carbocycles. The predicted molar refractivity (Wildman–Crippen MR) is 124 cm³/mol. The van der Waals surface area contributed by atoms with Gasteiger partial charge in [-0.2, -0.15) is 0 Å². The van der Waals surface area contributed by atoms with Gasteiger partial charge in [-0.05, 0) is 49.4 Å². The van der Waals surface area contributed by atoms with Crippen molar-refractivity contribution in [1.82, 2.24) is 9.97 Å². The van der Waals surface area contributed by atoms with Crippen molar-refractivity contribution >= 4 is 33.0 Å². The van der Waals surface area contributed by atoms with Crippen LogP contribution in [0.5, 0.6) is 0 Å². The lowest BCUT2D eigenvalue weighted by atomic mass is 10.1. The highest BCUT2D eigenvalue weighted by atomic mass is 32.2. The van der Waals surface area contributed by atoms with Crippen LogP contribution >= 0.6 is 0 Å². The SMILES string of the molecule is CC(=O)c1ccc(-c2cc(Nc3ccc(NS(=O)(=O)c4cccc(F)c4)cc3)ncn2)cc1. The monoisotopic (exact) mass is 462 g/mol. The van der Waals surface area contributed by atoms with Gasteiger partial charge in [0.25, 0.3) is 10.0 Å². The first-order chi connectivity index (χ1) is 15.8. The second kappa shape index (κ2) is 9.17. The fourth-order valence-corrected chi connectivity index (χ4v) is 4.17. The Bertz CT molecular complexity index is 1410. The Balaban J connectivity index is 1.47. The molecule has 4 aromatic rings. The number of hydrogen-bond acceptors (Lipinski definition) is 6. The van der Waals surface area contributed by atoms with Crippen molar-refractivity contribution in [3.8, 4) is 11.3 Å². The average Bonchev–Trinajstić information content (AvgIpc) is 2.80. The van der Waals surface area contributed by atoms with Crippen LogP contribution in [0.2, 0.25) is 0 Å². The highest BCUT2D eigenvalue weighted by Gasteiger charge is 2.14. The molecule has 0 unspecified atom stereocenters. The Morgan fingerprint density at radius 2 is 1.58 bits per heavy atom. The molecule has 9 heteroatoms. The standard InChI is InChI=1S/C24H19FN4O3S/c1-16(30)17-5-7-18(8-6-17)23-14-24(27-15-26-23)28-20-9-11-21(12-10-20)29-33(31,32)22-4-2-3-19(25)13-22/h2-15,29H,1H3,(H,26,27,28). The largest absolute Gasteiger partial charge is 0.340 e. The smallest absolute Gasteiger partial charge is 0.261 e. The molecule has 0 aliphatic heterocycles. The van der Waals surface area contributed by atoms with Gasteiger partial charge in [0.05, 0.1) is 10.6 Å². The summed E-state index contributed by atoms with van der Waals surface area (Å²) in [7, 11) is -3.90. The number of benzene rings is 3. The number of nitrogens with one attached hydrogen (secondary N) is 2. The van der Waals surface area contributed by atoms with E-state index in [-0.39, 0.29) is 10.7 Å². The van der Waals surface area contributed by atoms with E-state index in [1.165, 1.54) is 31.5 Å². The lowest BCUT2D eigenvalue weighted by molar-refractivity contribution is 0.101. The zero-order chi connectivity index (χ0) is 23.4. The van der Waals surface area contributed by atoms with Gasteiger partial charge < -0.3 is 5.32 Å². The van der Waals surface area contributed by atoms with E-state index in [9.17, 15) is 17.6 Å². The number of aromatic nitrogens is 2. The van der Waals surface area contributed by atoms with Gasteiger partial charge in [-0.3, -0.25) is 9.52 Å². The average molecular weight is 463 g/mol. The first-order valence-electron chi connectivity index (χ1n) is 9.89. The molecular formula is C24H19FN4O3S. The second-order valence-electron chi connectivity index (χ2n) is 7.19. The lowest BCUT2D eigenvalue weighted by Crippen LogP contribution is -2.13. The van der Waals surface area contributed by atoms with Gasteiger partial charge in [0.2, 0.25) is 0 Å². The molecule has 0 amide bonds. The normalized spacial score (nSPS) is 11.1. The van der Waals surface area contributed by atoms with Crippen LogP contribution in [0.4, 0.5) is 21.6 Å². The lowest BCUT2D eigenvalue weighted by Gasteiger charge is -2.10. The molecule has 0 saturated heterocycles. The molecular weight excluding hydrogens is 443 g/mol. The highest BCUT2D eigenvalue weighted by molar-refractivity contribution is 7.92. The first-order valence-corrected chi connectivity index (χ1v) is 11.4. The Kier molecular flexibility index (Phi) is 6.14. The minimum absolute atomic E-state index is 0.00624. The topological polar surface area (TPSA) is 101 Å². The molecule has 0 radical (unpaired) electrons. The van der Waals surface area contributed by atoms with Crippen LogP contribution in [-0.4, -0.2) is 24.2 Å². The third-order valence-electron chi connectivity index (χ3n) is 4.77. The number of hydrogen-bond donors (Lipinski definition) is 2. The quantitative estimate of drug-likeness (QED) is 0.374. The molecule has 0 atom stereocenters. The van der Waals surface area contributed by atoms with E-state index < -0.39 is 15.8 Å². The zero-order valence-electron chi connectivity index (χ0n) is 17.5. The summed E-state index contributed by atoms with van der Waals surface area (Å²) in [6, 6.07) is 20.2. The molecule has 166 valence electrons. The maximum Gasteiger partial charge on any atom is 0.261 e. The van der Waals surface area contributed by atoms with Gasteiger partial charge >= 0.3 is 0 Å². The van der Waals surface area contributed by atoms with Gasteiger partial charge in [-0.1, -0.05) is 30.3 Å². The molecule has 0 aliphatic rings. The molecule has 33 heavy (non-hydrogen) atoms. The third kappa shape index (κ3) is 5.39. The van der Waals surface area contributed by atoms with E-state index in [0.717, 1.165) is 11.6 Å². The van der Waals surface area contributed by atoms with Gasteiger partial charge in [-0.25, -0.2) is 22.8 Å². The van der Waals surface area contributed by atoms with Crippen LogP contribution in [0.3, 0.4) is 0 Å². The number of anilines is 3. The van der Waals surface area contributed by atoms with Crippen LogP contribution < -0.4 is 10.0 Å². The fourth-order valence-electron chi connectivity index (χ4n) is 3.08. The van der Waals surface area contributed by atoms with Crippen molar-refractivity contribution in [3.63, 3.8) is 0 Å². The number of Topliss-reactive ketones (excluding diaryl/α,β-unsaturated/α-hetero) is 1. The molecule has 2 N–H and O–H groups in total. The van der Waals surface area contributed by atoms with E-state index in [1.54, 1.807) is 42.5 Å². The summed E-state index contributed by atoms with van der Waals surface area (Å²) in [6.07, 6.45) is 1.43. The van der Waals surface area contributed by atoms with Crippen LogP contribution in [0.15, 0.2) is 90.1 Å². The molecule has 7 nitrogen and oxygen atoms in total. The number of rotatable bonds is 7. The second-order valence-corrected chi connectivity index (χ2v) is 8.87. The Hall–Kier alpha value is -4.11. The summed E-state index contributed by atoms with van der Waals surface area (Å²) in [5.74, 6) is -0.0894. The van der Waals surface area contributed by atoms with Crippen molar-refractivity contribution in [3.05, 3.63) is 96.6 Å². The predicted octanol–water partition coefficient (Wildman–Crippen LogP) is 5.03. The zero-order valence-corrected chi connectivity index (χ0v) is 18.3. The van der Waals surface area contributed by atoms with Crippen LogP contribution in [-0.2, 0) is 10.0 Å². The van der Waals surface area contributed by atoms with Crippen molar-refractivity contribution in [1.29, 1.82) is 0 Å². The fraction of sp³-hybridized carbons (Fsp3) is 0.0417. The van der Waals surface area contributed by atoms with Crippen molar-refractivity contribution in [2.75, 3.05) is 10.0 Å². The maximum atomic E-state index is 13.4. The van der Waals surface area contributed by atoms with Crippen molar-refractivity contribution in [2.24, 2.45) is 0 Å². The van der Waals surface area contributed by atoms with E-state index in [1.807, 2.05) is 12.1 Å². The van der Waals surface area contributed by atoms with Gasteiger partial charge in [0, 0.05) is 28.6 Å². The van der Waals surface area contributed by atoms with E-state index >= 15 is 0 Å². The van der Waals surface area contributed by atoms with Gasteiger partial charge in [0.15, 0.2) is 5.78 Å². The molecule has 1 aromatic heterocycles. The van der Waals surface area contributed by atoms with Crippen LogP contribution in [0.1, 0.15) is 17.3 Å². The molecule has 0 fully saturated rings. The summed E-state index contributed by atoms with van der Waals surface area (Å²) in [5, 5.41) is 3.14. The molecule has 0 saturated carbocycles. The van der Waals surface area contributed by atoms with Crippen molar-refractivity contribution in [2.45, 2.75) is 11.8 Å². The summed E-state index contributed by atoms with van der Waals surface area (Å²) in [5.41, 5.74) is 3.16. The number of carbonyl (C=O) groups excluding carboxylic acids is 1. The highest BCUT2D eigenvalue weighted by Crippen LogP contribution is 2.23. The van der Waals surface area contributed by atoms with Crippen LogP contribution in [0.25, 0.3) is 11.3 Å². The van der Waals surface area contributed by atoms with Gasteiger partial charge in [-0.15, -0.1) is 0 Å². The van der Waals surface area contributed by atoms with Gasteiger partial charge in [0.1, 0.15) is 18.0 Å². The van der Waals surface area contributed by atoms with E-state index in [2.05, 4.69) is 20.0 Å². The molecule has 1 heterocycles. The minimum Gasteiger partial charge on any atom is -0.340 e. The Morgan fingerprint density at radius 1 is 0.879 bits per heavy atom. The molecule has 4 rings (SSSR count). The summed E-state index contributed by atoms with van der Waals surface area (Å²) >= 11 is 0. The minimum atomic E-state index is -3.90. The van der Waals surface area contributed by atoms with Crippen molar-refractivity contribution < 1.29 is 17.6 Å². The third-order valence-corrected chi connectivity index (χ3v) is 6.15. The van der Waals surface area contributed by atoms with Crippen LogP contribution in [0, 0.1) is 5.82 Å². The number of sulfonamides is 1. The van der Waals surface area contributed by atoms with E-state index in [4.69, 9.17) is 0 Å². The Labute approximate surface area is 190 Å².